The number of Topliss-reactive ketones (excluding diaryl/α,β-unsaturated/α-hetero) is 1. The Morgan fingerprint density at radius 1 is 1.29 bits per heavy atom. The summed E-state index contributed by atoms with van der Waals surface area (Å²) in [7, 11) is 0. The summed E-state index contributed by atoms with van der Waals surface area (Å²) in [5.41, 5.74) is 0.374. The lowest BCUT2D eigenvalue weighted by molar-refractivity contribution is 0.0752. The highest BCUT2D eigenvalue weighted by Crippen LogP contribution is 2.05. The van der Waals surface area contributed by atoms with E-state index in [9.17, 15) is 9.18 Å². The van der Waals surface area contributed by atoms with Crippen LogP contribution in [0.2, 0.25) is 0 Å². The molecular weight excluding hydrogens is 219 g/mol. The molecule has 94 valence electrons. The molecule has 0 amide bonds. The van der Waals surface area contributed by atoms with Crippen LogP contribution in [-0.2, 0) is 4.74 Å². The number of rotatable bonds is 8. The van der Waals surface area contributed by atoms with Crippen molar-refractivity contribution in [3.8, 4) is 0 Å². The van der Waals surface area contributed by atoms with Crippen LogP contribution in [-0.4, -0.2) is 19.0 Å². The summed E-state index contributed by atoms with van der Waals surface area (Å²) in [5.74, 6) is -0.557. The molecule has 0 spiro atoms. The highest BCUT2D eigenvalue weighted by atomic mass is 19.1. The molecule has 1 aromatic rings. The molecule has 1 aromatic carbocycles. The lowest BCUT2D eigenvalue weighted by Gasteiger charge is -2.03. The predicted molar refractivity (Wildman–Crippen MR) is 65.7 cm³/mol. The van der Waals surface area contributed by atoms with Crippen LogP contribution < -0.4 is 0 Å². The van der Waals surface area contributed by atoms with Crippen LogP contribution in [0, 0.1) is 5.82 Å². The van der Waals surface area contributed by atoms with Crippen LogP contribution in [0.3, 0.4) is 0 Å². The van der Waals surface area contributed by atoms with Crippen LogP contribution in [0.25, 0.3) is 0 Å². The smallest absolute Gasteiger partial charge is 0.188 e. The van der Waals surface area contributed by atoms with E-state index in [0.717, 1.165) is 12.8 Å². The number of benzene rings is 1. The average molecular weight is 238 g/mol. The highest BCUT2D eigenvalue weighted by molar-refractivity contribution is 5.97. The second-order valence-corrected chi connectivity index (χ2v) is 4.05. The predicted octanol–water partition coefficient (Wildman–Crippen LogP) is 3.61. The van der Waals surface area contributed by atoms with E-state index in [1.807, 2.05) is 0 Å². The Kier molecular flexibility index (Phi) is 6.48. The van der Waals surface area contributed by atoms with Gasteiger partial charge in [0.05, 0.1) is 0 Å². The fourth-order valence-corrected chi connectivity index (χ4v) is 1.54. The zero-order valence-electron chi connectivity index (χ0n) is 10.2. The lowest BCUT2D eigenvalue weighted by Crippen LogP contribution is -2.10. The molecular formula is C14H19FO2. The van der Waals surface area contributed by atoms with Gasteiger partial charge in [-0.15, -0.1) is 0 Å². The molecule has 2 nitrogen and oxygen atoms in total. The Bertz CT molecular complexity index is 350. The van der Waals surface area contributed by atoms with E-state index in [-0.39, 0.29) is 12.4 Å². The van der Waals surface area contributed by atoms with Crippen molar-refractivity contribution in [1.29, 1.82) is 0 Å². The zero-order valence-corrected chi connectivity index (χ0v) is 10.2. The number of halogens is 1. The Morgan fingerprint density at radius 2 is 2.12 bits per heavy atom. The number of carbonyl (C=O) groups is 1. The van der Waals surface area contributed by atoms with E-state index in [1.54, 1.807) is 6.07 Å². The van der Waals surface area contributed by atoms with Crippen molar-refractivity contribution in [2.24, 2.45) is 0 Å². The molecule has 0 fully saturated rings. The first-order chi connectivity index (χ1) is 8.24. The fraction of sp³-hybridized carbons (Fsp3) is 0.500. The van der Waals surface area contributed by atoms with Gasteiger partial charge >= 0.3 is 0 Å². The Labute approximate surface area is 102 Å². The third-order valence-electron chi connectivity index (χ3n) is 2.52. The molecule has 0 aliphatic heterocycles. The molecule has 0 saturated carbocycles. The number of ether oxygens (including phenoxy) is 1. The van der Waals surface area contributed by atoms with Crippen LogP contribution in [0.4, 0.5) is 4.39 Å². The third kappa shape index (κ3) is 5.59. The van der Waals surface area contributed by atoms with E-state index in [2.05, 4.69) is 6.92 Å². The maximum Gasteiger partial charge on any atom is 0.188 e. The van der Waals surface area contributed by atoms with Crippen molar-refractivity contribution in [2.45, 2.75) is 32.6 Å². The van der Waals surface area contributed by atoms with Crippen molar-refractivity contribution >= 4 is 5.78 Å². The average Bonchev–Trinajstić information content (AvgIpc) is 2.33. The van der Waals surface area contributed by atoms with Gasteiger partial charge in [0.25, 0.3) is 0 Å². The van der Waals surface area contributed by atoms with Crippen LogP contribution >= 0.6 is 0 Å². The van der Waals surface area contributed by atoms with E-state index < -0.39 is 5.82 Å². The largest absolute Gasteiger partial charge is 0.373 e. The van der Waals surface area contributed by atoms with Gasteiger partial charge in [-0.05, 0) is 18.6 Å². The summed E-state index contributed by atoms with van der Waals surface area (Å²) >= 11 is 0. The summed E-state index contributed by atoms with van der Waals surface area (Å²) in [4.78, 5) is 11.6. The molecule has 0 heterocycles. The van der Waals surface area contributed by atoms with E-state index in [1.165, 1.54) is 31.0 Å². The second kappa shape index (κ2) is 7.96. The quantitative estimate of drug-likeness (QED) is 0.511. The number of hydrogen-bond acceptors (Lipinski definition) is 2. The first-order valence-corrected chi connectivity index (χ1v) is 6.10. The van der Waals surface area contributed by atoms with Gasteiger partial charge in [-0.1, -0.05) is 38.3 Å². The number of carbonyl (C=O) groups excluding carboxylic acids is 1. The first kappa shape index (κ1) is 13.8. The number of hydrogen-bond donors (Lipinski definition) is 0. The Hall–Kier alpha value is -1.22. The van der Waals surface area contributed by atoms with Gasteiger partial charge in [0.2, 0.25) is 0 Å². The topological polar surface area (TPSA) is 26.3 Å². The van der Waals surface area contributed by atoms with Crippen molar-refractivity contribution in [3.05, 3.63) is 35.6 Å². The normalized spacial score (nSPS) is 10.5. The molecule has 0 atom stereocenters. The van der Waals surface area contributed by atoms with Gasteiger partial charge in [0, 0.05) is 12.2 Å². The van der Waals surface area contributed by atoms with Crippen LogP contribution in [0.5, 0.6) is 0 Å². The maximum atomic E-state index is 12.9. The number of ketones is 1. The molecule has 0 radical (unpaired) electrons. The van der Waals surface area contributed by atoms with Crippen molar-refractivity contribution in [3.63, 3.8) is 0 Å². The minimum absolute atomic E-state index is 0.0373. The molecule has 3 heteroatoms. The summed E-state index contributed by atoms with van der Waals surface area (Å²) in [6.07, 6.45) is 4.48. The van der Waals surface area contributed by atoms with Gasteiger partial charge < -0.3 is 4.74 Å². The molecule has 0 unspecified atom stereocenters. The summed E-state index contributed by atoms with van der Waals surface area (Å²) < 4.78 is 18.1. The molecule has 0 N–H and O–H groups in total. The Balaban J connectivity index is 2.21. The standard InChI is InChI=1S/C14H19FO2/c1-2-3-4-5-9-17-11-14(16)12-7-6-8-13(15)10-12/h6-8,10H,2-5,9,11H2,1H3. The molecule has 0 saturated heterocycles. The number of unbranched alkanes of at least 4 members (excludes halogenated alkanes) is 3. The second-order valence-electron chi connectivity index (χ2n) is 4.05. The van der Waals surface area contributed by atoms with Crippen molar-refractivity contribution in [1.82, 2.24) is 0 Å². The van der Waals surface area contributed by atoms with Gasteiger partial charge in [0.1, 0.15) is 12.4 Å². The highest BCUT2D eigenvalue weighted by Gasteiger charge is 2.06. The van der Waals surface area contributed by atoms with Crippen LogP contribution in [0.15, 0.2) is 24.3 Å². The molecule has 0 aliphatic rings. The summed E-state index contributed by atoms with van der Waals surface area (Å²) in [6, 6.07) is 5.70. The molecule has 0 aromatic heterocycles. The molecule has 1 rings (SSSR count). The molecule has 0 bridgehead atoms. The molecule has 17 heavy (non-hydrogen) atoms. The van der Waals surface area contributed by atoms with Gasteiger partial charge in [0.15, 0.2) is 5.78 Å². The monoisotopic (exact) mass is 238 g/mol. The van der Waals surface area contributed by atoms with Crippen molar-refractivity contribution < 1.29 is 13.9 Å². The maximum absolute atomic E-state index is 12.9. The van der Waals surface area contributed by atoms with Crippen molar-refractivity contribution in [2.75, 3.05) is 13.2 Å². The van der Waals surface area contributed by atoms with E-state index in [4.69, 9.17) is 4.74 Å². The first-order valence-electron chi connectivity index (χ1n) is 6.10. The SMILES string of the molecule is CCCCCCOCC(=O)c1cccc(F)c1. The minimum atomic E-state index is -0.390. The molecule has 0 aliphatic carbocycles. The third-order valence-corrected chi connectivity index (χ3v) is 2.52. The zero-order chi connectivity index (χ0) is 12.5. The van der Waals surface area contributed by atoms with E-state index in [0.29, 0.717) is 12.2 Å². The Morgan fingerprint density at radius 3 is 2.82 bits per heavy atom. The lowest BCUT2D eigenvalue weighted by atomic mass is 10.1. The minimum Gasteiger partial charge on any atom is -0.373 e. The van der Waals surface area contributed by atoms with Crippen LogP contribution in [0.1, 0.15) is 43.0 Å². The van der Waals surface area contributed by atoms with E-state index >= 15 is 0 Å². The van der Waals surface area contributed by atoms with Gasteiger partial charge in [-0.25, -0.2) is 4.39 Å². The van der Waals surface area contributed by atoms with Gasteiger partial charge in [-0.3, -0.25) is 4.79 Å². The summed E-state index contributed by atoms with van der Waals surface area (Å²) in [5, 5.41) is 0. The summed E-state index contributed by atoms with van der Waals surface area (Å²) in [6.45, 7) is 2.78. The van der Waals surface area contributed by atoms with Gasteiger partial charge in [-0.2, -0.15) is 0 Å². The fourth-order valence-electron chi connectivity index (χ4n) is 1.54.